The average molecular weight is 257 g/mol. The van der Waals surface area contributed by atoms with Crippen LogP contribution in [0.4, 0.5) is 0 Å². The third-order valence-electron chi connectivity index (χ3n) is 2.15. The number of benzene rings is 1. The number of esters is 1. The highest BCUT2D eigenvalue weighted by atomic mass is 32.2. The van der Waals surface area contributed by atoms with E-state index in [1.54, 1.807) is 19.1 Å². The quantitative estimate of drug-likeness (QED) is 0.821. The molecule has 94 valence electrons. The van der Waals surface area contributed by atoms with Gasteiger partial charge in [-0.1, -0.05) is 19.1 Å². The molecule has 0 saturated heterocycles. The number of aryl methyl sites for hydroxylation is 1. The van der Waals surface area contributed by atoms with Crippen molar-refractivity contribution >= 4 is 16.0 Å². The van der Waals surface area contributed by atoms with Gasteiger partial charge >= 0.3 is 5.97 Å². The van der Waals surface area contributed by atoms with Crippen molar-refractivity contribution in [3.8, 4) is 0 Å². The summed E-state index contributed by atoms with van der Waals surface area (Å²) in [5.74, 6) is -0.667. The maximum Gasteiger partial charge on any atom is 0.339 e. The molecular weight excluding hydrogens is 242 g/mol. The Morgan fingerprint density at radius 2 is 2.06 bits per heavy atom. The van der Waals surface area contributed by atoms with Crippen LogP contribution in [0, 0.1) is 6.92 Å². The van der Waals surface area contributed by atoms with Crippen molar-refractivity contribution in [2.75, 3.05) is 6.61 Å². The zero-order chi connectivity index (χ0) is 13.1. The van der Waals surface area contributed by atoms with Crippen molar-refractivity contribution in [3.05, 3.63) is 29.3 Å². The standard InChI is InChI=1S/C11H15NO4S/c1-3-7-16-11(13)9-6-4-5-8(2)10(9)17(12,14)15/h4-6H,3,7H2,1-2H3,(H2,12,14,15). The zero-order valence-electron chi connectivity index (χ0n) is 9.76. The van der Waals surface area contributed by atoms with Crippen LogP contribution in [0.1, 0.15) is 29.3 Å². The molecule has 0 amide bonds. The number of carbonyl (C=O) groups is 1. The Kier molecular flexibility index (Phi) is 4.25. The first-order valence-corrected chi connectivity index (χ1v) is 6.72. The predicted octanol–water partition coefficient (Wildman–Crippen LogP) is 1.21. The smallest absolute Gasteiger partial charge is 0.339 e. The van der Waals surface area contributed by atoms with Gasteiger partial charge in [0.25, 0.3) is 0 Å². The van der Waals surface area contributed by atoms with E-state index in [0.29, 0.717) is 12.0 Å². The molecule has 0 radical (unpaired) electrons. The fourth-order valence-corrected chi connectivity index (χ4v) is 2.44. The number of nitrogens with two attached hydrogens (primary N) is 1. The van der Waals surface area contributed by atoms with Crippen molar-refractivity contribution < 1.29 is 17.9 Å². The second-order valence-corrected chi connectivity index (χ2v) is 5.13. The normalized spacial score (nSPS) is 11.2. The summed E-state index contributed by atoms with van der Waals surface area (Å²) in [5, 5.41) is 5.09. The third kappa shape index (κ3) is 3.28. The van der Waals surface area contributed by atoms with E-state index < -0.39 is 16.0 Å². The first kappa shape index (κ1) is 13.7. The molecule has 0 spiro atoms. The van der Waals surface area contributed by atoms with Gasteiger partial charge in [-0.3, -0.25) is 0 Å². The molecule has 0 aliphatic carbocycles. The van der Waals surface area contributed by atoms with Crippen LogP contribution in [0.2, 0.25) is 0 Å². The van der Waals surface area contributed by atoms with Crippen LogP contribution in [-0.2, 0) is 14.8 Å². The van der Waals surface area contributed by atoms with Gasteiger partial charge in [0, 0.05) is 0 Å². The van der Waals surface area contributed by atoms with Crippen LogP contribution in [-0.4, -0.2) is 21.0 Å². The first-order chi connectivity index (χ1) is 7.88. The maximum absolute atomic E-state index is 11.7. The van der Waals surface area contributed by atoms with Gasteiger partial charge in [-0.05, 0) is 25.0 Å². The van der Waals surface area contributed by atoms with Crippen LogP contribution in [0.5, 0.6) is 0 Å². The van der Waals surface area contributed by atoms with Crippen molar-refractivity contribution in [2.45, 2.75) is 25.2 Å². The van der Waals surface area contributed by atoms with Gasteiger partial charge in [0.05, 0.1) is 17.1 Å². The summed E-state index contributed by atoms with van der Waals surface area (Å²) in [5.41, 5.74) is 0.416. The van der Waals surface area contributed by atoms with E-state index in [2.05, 4.69) is 0 Å². The summed E-state index contributed by atoms with van der Waals surface area (Å²) in [6.45, 7) is 3.68. The largest absolute Gasteiger partial charge is 0.462 e. The second kappa shape index (κ2) is 5.29. The second-order valence-electron chi connectivity index (χ2n) is 3.63. The first-order valence-electron chi connectivity index (χ1n) is 5.17. The molecule has 0 atom stereocenters. The topological polar surface area (TPSA) is 86.5 Å². The van der Waals surface area contributed by atoms with E-state index in [1.165, 1.54) is 6.07 Å². The lowest BCUT2D eigenvalue weighted by molar-refractivity contribution is 0.0500. The number of ether oxygens (including phenoxy) is 1. The molecular formula is C11H15NO4S. The third-order valence-corrected chi connectivity index (χ3v) is 3.26. The molecule has 1 aromatic rings. The van der Waals surface area contributed by atoms with Gasteiger partial charge in [-0.2, -0.15) is 0 Å². The molecule has 2 N–H and O–H groups in total. The lowest BCUT2D eigenvalue weighted by Gasteiger charge is -2.09. The maximum atomic E-state index is 11.7. The van der Waals surface area contributed by atoms with Crippen LogP contribution >= 0.6 is 0 Å². The van der Waals surface area contributed by atoms with Crippen molar-refractivity contribution in [1.82, 2.24) is 0 Å². The molecule has 1 aromatic carbocycles. The van der Waals surface area contributed by atoms with Crippen molar-refractivity contribution in [3.63, 3.8) is 0 Å². The van der Waals surface area contributed by atoms with Crippen molar-refractivity contribution in [2.24, 2.45) is 5.14 Å². The van der Waals surface area contributed by atoms with E-state index in [0.717, 1.165) is 0 Å². The number of rotatable bonds is 4. The van der Waals surface area contributed by atoms with Gasteiger partial charge in [0.15, 0.2) is 0 Å². The van der Waals surface area contributed by atoms with Crippen LogP contribution in [0.3, 0.4) is 0 Å². The van der Waals surface area contributed by atoms with Gasteiger partial charge in [-0.25, -0.2) is 18.4 Å². The minimum absolute atomic E-state index is 0.0130. The lowest BCUT2D eigenvalue weighted by Crippen LogP contribution is -2.19. The molecule has 0 bridgehead atoms. The predicted molar refractivity (Wildman–Crippen MR) is 63.1 cm³/mol. The van der Waals surface area contributed by atoms with Crippen molar-refractivity contribution in [1.29, 1.82) is 0 Å². The van der Waals surface area contributed by atoms with Gasteiger partial charge in [-0.15, -0.1) is 0 Å². The van der Waals surface area contributed by atoms with E-state index in [4.69, 9.17) is 9.88 Å². The molecule has 17 heavy (non-hydrogen) atoms. The van der Waals surface area contributed by atoms with Crippen LogP contribution in [0.15, 0.2) is 23.1 Å². The molecule has 0 aliphatic heterocycles. The monoisotopic (exact) mass is 257 g/mol. The highest BCUT2D eigenvalue weighted by Gasteiger charge is 2.22. The fourth-order valence-electron chi connectivity index (χ4n) is 1.46. The van der Waals surface area contributed by atoms with Gasteiger partial charge in [0.2, 0.25) is 10.0 Å². The lowest BCUT2D eigenvalue weighted by atomic mass is 10.1. The number of hydrogen-bond donors (Lipinski definition) is 1. The summed E-state index contributed by atoms with van der Waals surface area (Å²) >= 11 is 0. The Hall–Kier alpha value is -1.40. The Labute approximate surface area is 101 Å². The summed E-state index contributed by atoms with van der Waals surface area (Å²) in [4.78, 5) is 11.5. The number of primary sulfonamides is 1. The Morgan fingerprint density at radius 1 is 1.41 bits per heavy atom. The molecule has 0 heterocycles. The van der Waals surface area contributed by atoms with Crippen LogP contribution < -0.4 is 5.14 Å². The van der Waals surface area contributed by atoms with E-state index in [1.807, 2.05) is 6.92 Å². The molecule has 6 heteroatoms. The summed E-state index contributed by atoms with van der Waals surface area (Å²) < 4.78 is 27.8. The summed E-state index contributed by atoms with van der Waals surface area (Å²) in [6.07, 6.45) is 0.669. The minimum Gasteiger partial charge on any atom is -0.462 e. The number of sulfonamides is 1. The van der Waals surface area contributed by atoms with E-state index in [-0.39, 0.29) is 17.1 Å². The molecule has 0 saturated carbocycles. The molecule has 0 fully saturated rings. The minimum atomic E-state index is -3.94. The molecule has 0 unspecified atom stereocenters. The van der Waals surface area contributed by atoms with E-state index >= 15 is 0 Å². The Morgan fingerprint density at radius 3 is 2.59 bits per heavy atom. The highest BCUT2D eigenvalue weighted by molar-refractivity contribution is 7.89. The van der Waals surface area contributed by atoms with Gasteiger partial charge in [0.1, 0.15) is 0 Å². The number of hydrogen-bond acceptors (Lipinski definition) is 4. The highest BCUT2D eigenvalue weighted by Crippen LogP contribution is 2.19. The fraction of sp³-hybridized carbons (Fsp3) is 0.364. The van der Waals surface area contributed by atoms with E-state index in [9.17, 15) is 13.2 Å². The molecule has 5 nitrogen and oxygen atoms in total. The molecule has 0 aliphatic rings. The molecule has 1 rings (SSSR count). The summed E-state index contributed by atoms with van der Waals surface area (Å²) in [6, 6.07) is 4.56. The molecule has 0 aromatic heterocycles. The Bertz CT molecular complexity index is 522. The average Bonchev–Trinajstić information content (AvgIpc) is 2.23. The van der Waals surface area contributed by atoms with Crippen LogP contribution in [0.25, 0.3) is 0 Å². The van der Waals surface area contributed by atoms with Gasteiger partial charge < -0.3 is 4.74 Å². The Balaban J connectivity index is 3.25. The summed E-state index contributed by atoms with van der Waals surface area (Å²) in [7, 11) is -3.94. The SMILES string of the molecule is CCCOC(=O)c1cccc(C)c1S(N)(=O)=O. The zero-order valence-corrected chi connectivity index (χ0v) is 10.6. The number of carbonyl (C=O) groups excluding carboxylic acids is 1.